The first-order chi connectivity index (χ1) is 13.3. The first kappa shape index (κ1) is 17.8. The zero-order valence-corrected chi connectivity index (χ0v) is 15.4. The molecule has 1 atom stereocenters. The Bertz CT molecular complexity index is 973. The Kier molecular flexibility index (Phi) is 5.22. The Hall–Kier alpha value is -2.64. The van der Waals surface area contributed by atoms with Crippen LogP contribution in [-0.2, 0) is 17.8 Å². The normalized spacial score (nSPS) is 17.6. The molecule has 27 heavy (non-hydrogen) atoms. The smallest absolute Gasteiger partial charge is 0.261 e. The van der Waals surface area contributed by atoms with Gasteiger partial charge in [-0.15, -0.1) is 0 Å². The molecule has 0 spiro atoms. The van der Waals surface area contributed by atoms with Crippen molar-refractivity contribution < 1.29 is 4.74 Å². The van der Waals surface area contributed by atoms with Gasteiger partial charge in [0, 0.05) is 19.9 Å². The van der Waals surface area contributed by atoms with Gasteiger partial charge in [-0.05, 0) is 37.6 Å². The molecular weight excluding hydrogens is 342 g/mol. The lowest BCUT2D eigenvalue weighted by Gasteiger charge is -2.26. The van der Waals surface area contributed by atoms with Crippen molar-refractivity contribution in [3.63, 3.8) is 0 Å². The number of nitrogens with zero attached hydrogens (tertiary/aromatic N) is 5. The maximum atomic E-state index is 13.1. The fourth-order valence-corrected chi connectivity index (χ4v) is 3.77. The van der Waals surface area contributed by atoms with E-state index in [0.29, 0.717) is 18.5 Å². The van der Waals surface area contributed by atoms with Gasteiger partial charge in [0.05, 0.1) is 35.8 Å². The average Bonchev–Trinajstić information content (AvgIpc) is 3.16. The molecule has 1 aliphatic heterocycles. The number of ether oxygens (including phenoxy) is 1. The minimum Gasteiger partial charge on any atom is -0.383 e. The second-order valence-corrected chi connectivity index (χ2v) is 6.77. The lowest BCUT2D eigenvalue weighted by Crippen LogP contribution is -2.33. The van der Waals surface area contributed by atoms with E-state index in [2.05, 4.69) is 14.9 Å². The summed E-state index contributed by atoms with van der Waals surface area (Å²) in [6, 6.07) is 9.57. The zero-order valence-electron chi connectivity index (χ0n) is 15.4. The van der Waals surface area contributed by atoms with Crippen molar-refractivity contribution in [1.29, 1.82) is 0 Å². The molecule has 1 aliphatic rings. The molecule has 1 unspecified atom stereocenters. The highest BCUT2D eigenvalue weighted by atomic mass is 16.5. The summed E-state index contributed by atoms with van der Waals surface area (Å²) in [6.45, 7) is 2.66. The van der Waals surface area contributed by atoms with Crippen LogP contribution in [0.15, 0.2) is 47.7 Å². The fraction of sp³-hybridized carbons (Fsp3) is 0.400. The van der Waals surface area contributed by atoms with Gasteiger partial charge in [-0.25, -0.2) is 15.0 Å². The van der Waals surface area contributed by atoms with Crippen LogP contribution in [0.5, 0.6) is 0 Å². The molecule has 0 radical (unpaired) electrons. The van der Waals surface area contributed by atoms with Gasteiger partial charge in [0.25, 0.3) is 5.56 Å². The average molecular weight is 365 g/mol. The Morgan fingerprint density at radius 3 is 2.96 bits per heavy atom. The zero-order chi connectivity index (χ0) is 18.6. The summed E-state index contributed by atoms with van der Waals surface area (Å²) in [5.41, 5.74) is 1.73. The highest BCUT2D eigenvalue weighted by Gasteiger charge is 2.30. The monoisotopic (exact) mass is 365 g/mol. The van der Waals surface area contributed by atoms with Crippen molar-refractivity contribution in [3.05, 3.63) is 64.7 Å². The van der Waals surface area contributed by atoms with Crippen LogP contribution in [0.1, 0.15) is 30.4 Å². The minimum atomic E-state index is 0.00142. The van der Waals surface area contributed by atoms with Crippen LogP contribution in [0.2, 0.25) is 0 Å². The van der Waals surface area contributed by atoms with Gasteiger partial charge >= 0.3 is 0 Å². The molecular formula is C20H23N5O2. The van der Waals surface area contributed by atoms with Crippen molar-refractivity contribution in [1.82, 2.24) is 24.4 Å². The highest BCUT2D eigenvalue weighted by Crippen LogP contribution is 2.32. The second-order valence-electron chi connectivity index (χ2n) is 6.77. The molecule has 0 saturated carbocycles. The van der Waals surface area contributed by atoms with E-state index < -0.39 is 0 Å². The first-order valence-corrected chi connectivity index (χ1v) is 9.25. The number of rotatable bonds is 6. The number of methoxy groups -OCH3 is 1. The summed E-state index contributed by atoms with van der Waals surface area (Å²) in [6.07, 6.45) is 5.38. The Balaban J connectivity index is 1.75. The lowest BCUT2D eigenvalue weighted by atomic mass is 10.1. The topological polar surface area (TPSA) is 73.1 Å². The summed E-state index contributed by atoms with van der Waals surface area (Å²) < 4.78 is 7.02. The molecule has 0 aliphatic carbocycles. The Labute approximate surface area is 157 Å². The molecule has 3 aromatic rings. The van der Waals surface area contributed by atoms with E-state index in [9.17, 15) is 4.79 Å². The van der Waals surface area contributed by atoms with E-state index in [1.54, 1.807) is 24.2 Å². The van der Waals surface area contributed by atoms with Crippen LogP contribution >= 0.6 is 0 Å². The van der Waals surface area contributed by atoms with E-state index in [0.717, 1.165) is 43.0 Å². The molecule has 0 N–H and O–H groups in total. The first-order valence-electron chi connectivity index (χ1n) is 9.25. The third-order valence-corrected chi connectivity index (χ3v) is 5.08. The summed E-state index contributed by atoms with van der Waals surface area (Å²) in [5.74, 6) is 0.822. The van der Waals surface area contributed by atoms with Gasteiger partial charge in [0.15, 0.2) is 0 Å². The predicted molar refractivity (Wildman–Crippen MR) is 102 cm³/mol. The van der Waals surface area contributed by atoms with Crippen LogP contribution < -0.4 is 5.56 Å². The van der Waals surface area contributed by atoms with Gasteiger partial charge in [0.2, 0.25) is 0 Å². The number of likely N-dealkylation sites (tertiary alicyclic amines) is 1. The number of para-hydroxylation sites is 1. The molecule has 3 heterocycles. The summed E-state index contributed by atoms with van der Waals surface area (Å²) in [7, 11) is 1.65. The molecule has 1 aromatic carbocycles. The van der Waals surface area contributed by atoms with Crippen molar-refractivity contribution in [2.75, 3.05) is 20.3 Å². The van der Waals surface area contributed by atoms with E-state index in [4.69, 9.17) is 9.72 Å². The quantitative estimate of drug-likeness (QED) is 0.667. The summed E-state index contributed by atoms with van der Waals surface area (Å²) in [5, 5.41) is 0.651. The number of hydrogen-bond donors (Lipinski definition) is 0. The minimum absolute atomic E-state index is 0.00142. The lowest BCUT2D eigenvalue weighted by molar-refractivity contribution is 0.178. The van der Waals surface area contributed by atoms with Crippen LogP contribution in [0, 0.1) is 0 Å². The van der Waals surface area contributed by atoms with Gasteiger partial charge < -0.3 is 4.74 Å². The molecule has 0 bridgehead atoms. The number of aromatic nitrogens is 4. The van der Waals surface area contributed by atoms with Gasteiger partial charge in [-0.1, -0.05) is 12.1 Å². The molecule has 0 amide bonds. The third-order valence-electron chi connectivity index (χ3n) is 5.08. The highest BCUT2D eigenvalue weighted by molar-refractivity contribution is 5.77. The summed E-state index contributed by atoms with van der Waals surface area (Å²) >= 11 is 0. The van der Waals surface area contributed by atoms with Crippen molar-refractivity contribution >= 4 is 10.9 Å². The van der Waals surface area contributed by atoms with Crippen molar-refractivity contribution in [2.24, 2.45) is 0 Å². The van der Waals surface area contributed by atoms with Crippen molar-refractivity contribution in [2.45, 2.75) is 32.0 Å². The SMILES string of the molecule is COCCn1c(C2CCCN2Cc2ccncn2)nc2ccccc2c1=O. The van der Waals surface area contributed by atoms with Gasteiger partial charge in [-0.2, -0.15) is 0 Å². The fourth-order valence-electron chi connectivity index (χ4n) is 3.77. The molecule has 4 rings (SSSR count). The van der Waals surface area contributed by atoms with Crippen molar-refractivity contribution in [3.8, 4) is 0 Å². The van der Waals surface area contributed by atoms with Gasteiger partial charge in [-0.3, -0.25) is 14.3 Å². The second kappa shape index (κ2) is 7.94. The Morgan fingerprint density at radius 2 is 2.15 bits per heavy atom. The molecule has 140 valence electrons. The maximum Gasteiger partial charge on any atom is 0.261 e. The van der Waals surface area contributed by atoms with Crippen LogP contribution in [0.4, 0.5) is 0 Å². The van der Waals surface area contributed by atoms with E-state index in [1.165, 1.54) is 0 Å². The number of hydrogen-bond acceptors (Lipinski definition) is 6. The molecule has 1 saturated heterocycles. The third kappa shape index (κ3) is 3.61. The Morgan fingerprint density at radius 1 is 1.26 bits per heavy atom. The maximum absolute atomic E-state index is 13.1. The number of fused-ring (bicyclic) bond motifs is 1. The largest absolute Gasteiger partial charge is 0.383 e. The van der Waals surface area contributed by atoms with Crippen LogP contribution in [0.25, 0.3) is 10.9 Å². The predicted octanol–water partition coefficient (Wildman–Crippen LogP) is 2.17. The van der Waals surface area contributed by atoms with E-state index >= 15 is 0 Å². The van der Waals surface area contributed by atoms with Crippen LogP contribution in [0.3, 0.4) is 0 Å². The molecule has 7 nitrogen and oxygen atoms in total. The standard InChI is InChI=1S/C20H23N5O2/c1-27-12-11-25-19(23-17-6-3-2-5-16(17)20(25)26)18-7-4-10-24(18)13-15-8-9-21-14-22-15/h2-3,5-6,8-9,14,18H,4,7,10-13H2,1H3. The van der Waals surface area contributed by atoms with E-state index in [-0.39, 0.29) is 11.6 Å². The van der Waals surface area contributed by atoms with E-state index in [1.807, 2.05) is 30.3 Å². The van der Waals surface area contributed by atoms with Gasteiger partial charge in [0.1, 0.15) is 12.2 Å². The summed E-state index contributed by atoms with van der Waals surface area (Å²) in [4.78, 5) is 28.7. The molecule has 2 aromatic heterocycles. The molecule has 1 fully saturated rings. The number of benzene rings is 1. The molecule has 7 heteroatoms. The van der Waals surface area contributed by atoms with Crippen LogP contribution in [-0.4, -0.2) is 44.7 Å².